The van der Waals surface area contributed by atoms with Crippen molar-refractivity contribution in [2.45, 2.75) is 0 Å². The van der Waals surface area contributed by atoms with Crippen LogP contribution < -0.4 is 10.5 Å². The summed E-state index contributed by atoms with van der Waals surface area (Å²) in [6.07, 6.45) is -0.906. The molecule has 2 aromatic rings. The highest BCUT2D eigenvalue weighted by atomic mass is 35.5. The maximum Gasteiger partial charge on any atom is 0.409 e. The number of benzene rings is 2. The van der Waals surface area contributed by atoms with E-state index in [1.165, 1.54) is 0 Å². The standard InChI is InChI=1S/C13H8Cl3NO2/c14-8-1-2-12(19-13(17)18)11(6-8)7-3-9(15)5-10(16)4-7/h1-6H,(H2,17,18). The summed E-state index contributed by atoms with van der Waals surface area (Å²) >= 11 is 17.8. The minimum atomic E-state index is -0.906. The third kappa shape index (κ3) is 3.53. The van der Waals surface area contributed by atoms with Crippen LogP contribution in [0.1, 0.15) is 0 Å². The minimum absolute atomic E-state index is 0.287. The van der Waals surface area contributed by atoms with Crippen molar-refractivity contribution in [3.8, 4) is 16.9 Å². The zero-order valence-corrected chi connectivity index (χ0v) is 11.8. The first kappa shape index (κ1) is 14.0. The van der Waals surface area contributed by atoms with E-state index >= 15 is 0 Å². The largest absolute Gasteiger partial charge is 0.410 e. The number of primary amides is 1. The molecule has 0 saturated heterocycles. The first-order chi connectivity index (χ1) is 8.95. The van der Waals surface area contributed by atoms with Gasteiger partial charge < -0.3 is 10.5 Å². The molecule has 0 radical (unpaired) electrons. The van der Waals surface area contributed by atoms with E-state index in [1.807, 2.05) is 0 Å². The van der Waals surface area contributed by atoms with Crippen LogP contribution in [-0.2, 0) is 0 Å². The molecule has 2 rings (SSSR count). The lowest BCUT2D eigenvalue weighted by Gasteiger charge is -2.10. The number of hydrogen-bond donors (Lipinski definition) is 1. The molecule has 0 atom stereocenters. The molecule has 0 aliphatic carbocycles. The van der Waals surface area contributed by atoms with Crippen molar-refractivity contribution in [1.82, 2.24) is 0 Å². The lowest BCUT2D eigenvalue weighted by molar-refractivity contribution is 0.211. The number of rotatable bonds is 2. The molecular formula is C13H8Cl3NO2. The zero-order valence-electron chi connectivity index (χ0n) is 9.49. The molecule has 19 heavy (non-hydrogen) atoms. The van der Waals surface area contributed by atoms with E-state index in [1.54, 1.807) is 36.4 Å². The van der Waals surface area contributed by atoms with Crippen LogP contribution >= 0.6 is 34.8 Å². The van der Waals surface area contributed by atoms with Gasteiger partial charge in [0.05, 0.1) is 0 Å². The number of nitrogens with two attached hydrogens (primary N) is 1. The van der Waals surface area contributed by atoms with E-state index in [9.17, 15) is 4.79 Å². The Morgan fingerprint density at radius 1 is 0.947 bits per heavy atom. The average molecular weight is 317 g/mol. The summed E-state index contributed by atoms with van der Waals surface area (Å²) < 4.78 is 4.93. The van der Waals surface area contributed by atoms with Gasteiger partial charge in [0.25, 0.3) is 0 Å². The molecular weight excluding hydrogens is 309 g/mol. The van der Waals surface area contributed by atoms with Crippen LogP contribution in [0.3, 0.4) is 0 Å². The molecule has 0 unspecified atom stereocenters. The van der Waals surface area contributed by atoms with Crippen molar-refractivity contribution in [3.05, 3.63) is 51.5 Å². The van der Waals surface area contributed by atoms with Crippen LogP contribution in [0.15, 0.2) is 36.4 Å². The van der Waals surface area contributed by atoms with E-state index in [-0.39, 0.29) is 5.75 Å². The summed E-state index contributed by atoms with van der Waals surface area (Å²) in [5, 5.41) is 1.42. The van der Waals surface area contributed by atoms with Crippen LogP contribution in [-0.4, -0.2) is 6.09 Å². The Hall–Kier alpha value is -1.42. The van der Waals surface area contributed by atoms with Gasteiger partial charge in [-0.05, 0) is 42.0 Å². The fraction of sp³-hybridized carbons (Fsp3) is 0. The molecule has 98 valence electrons. The van der Waals surface area contributed by atoms with Gasteiger partial charge in [0.2, 0.25) is 0 Å². The number of ether oxygens (including phenoxy) is 1. The van der Waals surface area contributed by atoms with Crippen LogP contribution in [0.4, 0.5) is 4.79 Å². The molecule has 0 aromatic heterocycles. The SMILES string of the molecule is NC(=O)Oc1ccc(Cl)cc1-c1cc(Cl)cc(Cl)c1. The van der Waals surface area contributed by atoms with Gasteiger partial charge in [0.1, 0.15) is 5.75 Å². The lowest BCUT2D eigenvalue weighted by atomic mass is 10.0. The van der Waals surface area contributed by atoms with E-state index in [2.05, 4.69) is 0 Å². The normalized spacial score (nSPS) is 10.3. The first-order valence-corrected chi connectivity index (χ1v) is 6.32. The maximum atomic E-state index is 10.9. The molecule has 2 N–H and O–H groups in total. The third-order valence-corrected chi connectivity index (χ3v) is 3.00. The summed E-state index contributed by atoms with van der Waals surface area (Å²) in [7, 11) is 0. The van der Waals surface area contributed by atoms with Gasteiger partial charge in [-0.25, -0.2) is 4.79 Å². The van der Waals surface area contributed by atoms with Crippen molar-refractivity contribution in [3.63, 3.8) is 0 Å². The Balaban J connectivity index is 2.58. The van der Waals surface area contributed by atoms with E-state index in [0.29, 0.717) is 26.2 Å². The molecule has 0 aliphatic heterocycles. The van der Waals surface area contributed by atoms with Crippen molar-refractivity contribution < 1.29 is 9.53 Å². The molecule has 0 spiro atoms. The second-order valence-corrected chi connectivity index (χ2v) is 5.03. The number of halogens is 3. The Bertz CT molecular complexity index is 624. The second-order valence-electron chi connectivity index (χ2n) is 3.72. The van der Waals surface area contributed by atoms with Gasteiger partial charge in [0.15, 0.2) is 0 Å². The average Bonchev–Trinajstić information content (AvgIpc) is 2.29. The molecule has 3 nitrogen and oxygen atoms in total. The molecule has 1 amide bonds. The molecule has 0 fully saturated rings. The quantitative estimate of drug-likeness (QED) is 0.867. The minimum Gasteiger partial charge on any atom is -0.410 e. The molecule has 0 aliphatic rings. The highest BCUT2D eigenvalue weighted by Gasteiger charge is 2.11. The number of amides is 1. The van der Waals surface area contributed by atoms with Gasteiger partial charge >= 0.3 is 6.09 Å². The summed E-state index contributed by atoms with van der Waals surface area (Å²) in [5.41, 5.74) is 6.28. The fourth-order valence-electron chi connectivity index (χ4n) is 1.63. The topological polar surface area (TPSA) is 52.3 Å². The summed E-state index contributed by atoms with van der Waals surface area (Å²) in [6, 6.07) is 9.76. The van der Waals surface area contributed by atoms with Gasteiger partial charge in [-0.2, -0.15) is 0 Å². The highest BCUT2D eigenvalue weighted by molar-refractivity contribution is 6.35. The Morgan fingerprint density at radius 2 is 1.58 bits per heavy atom. The molecule has 0 saturated carbocycles. The lowest BCUT2D eigenvalue weighted by Crippen LogP contribution is -2.16. The maximum absolute atomic E-state index is 10.9. The summed E-state index contributed by atoms with van der Waals surface area (Å²) in [4.78, 5) is 10.9. The van der Waals surface area contributed by atoms with Crippen molar-refractivity contribution >= 4 is 40.9 Å². The molecule has 2 aromatic carbocycles. The van der Waals surface area contributed by atoms with Gasteiger partial charge in [-0.3, -0.25) is 0 Å². The van der Waals surface area contributed by atoms with E-state index in [4.69, 9.17) is 45.3 Å². The van der Waals surface area contributed by atoms with Crippen LogP contribution in [0.25, 0.3) is 11.1 Å². The predicted molar refractivity (Wildman–Crippen MR) is 77.1 cm³/mol. The number of hydrogen-bond acceptors (Lipinski definition) is 2. The third-order valence-electron chi connectivity index (χ3n) is 2.33. The molecule has 0 heterocycles. The van der Waals surface area contributed by atoms with E-state index in [0.717, 1.165) is 0 Å². The van der Waals surface area contributed by atoms with Crippen molar-refractivity contribution in [2.75, 3.05) is 0 Å². The monoisotopic (exact) mass is 315 g/mol. The van der Waals surface area contributed by atoms with Gasteiger partial charge in [-0.1, -0.05) is 34.8 Å². The smallest absolute Gasteiger partial charge is 0.409 e. The fourth-order valence-corrected chi connectivity index (χ4v) is 2.33. The first-order valence-electron chi connectivity index (χ1n) is 5.19. The van der Waals surface area contributed by atoms with Crippen molar-refractivity contribution in [1.29, 1.82) is 0 Å². The zero-order chi connectivity index (χ0) is 14.0. The Kier molecular flexibility index (Phi) is 4.20. The Morgan fingerprint density at radius 3 is 2.16 bits per heavy atom. The Labute approximate surface area is 124 Å². The van der Waals surface area contributed by atoms with E-state index < -0.39 is 6.09 Å². The summed E-state index contributed by atoms with van der Waals surface area (Å²) in [6.45, 7) is 0. The van der Waals surface area contributed by atoms with Crippen LogP contribution in [0.2, 0.25) is 15.1 Å². The van der Waals surface area contributed by atoms with Crippen LogP contribution in [0, 0.1) is 0 Å². The van der Waals surface area contributed by atoms with Crippen LogP contribution in [0.5, 0.6) is 5.75 Å². The molecule has 6 heteroatoms. The number of carbonyl (C=O) groups is 1. The highest BCUT2D eigenvalue weighted by Crippen LogP contribution is 2.35. The predicted octanol–water partition coefficient (Wildman–Crippen LogP) is 4.77. The van der Waals surface area contributed by atoms with Gasteiger partial charge in [0, 0.05) is 20.6 Å². The molecule has 0 bridgehead atoms. The van der Waals surface area contributed by atoms with Gasteiger partial charge in [-0.15, -0.1) is 0 Å². The number of carbonyl (C=O) groups excluding carboxylic acids is 1. The summed E-state index contributed by atoms with van der Waals surface area (Å²) in [5.74, 6) is 0.287. The van der Waals surface area contributed by atoms with Crippen molar-refractivity contribution in [2.24, 2.45) is 5.73 Å². The second kappa shape index (κ2) is 5.70.